The van der Waals surface area contributed by atoms with Crippen molar-refractivity contribution in [2.45, 2.75) is 13.1 Å². The summed E-state index contributed by atoms with van der Waals surface area (Å²) < 4.78 is 5.20. The van der Waals surface area contributed by atoms with Crippen molar-refractivity contribution in [3.8, 4) is 5.75 Å². The van der Waals surface area contributed by atoms with Crippen molar-refractivity contribution >= 4 is 16.7 Å². The van der Waals surface area contributed by atoms with Crippen molar-refractivity contribution in [2.75, 3.05) is 46.9 Å². The summed E-state index contributed by atoms with van der Waals surface area (Å²) in [5.74, 6) is 1.05. The van der Waals surface area contributed by atoms with Crippen LogP contribution in [0.15, 0.2) is 66.7 Å². The number of amides is 1. The van der Waals surface area contributed by atoms with E-state index >= 15 is 0 Å². The molecule has 0 radical (unpaired) electrons. The second-order valence-corrected chi connectivity index (χ2v) is 8.59. The van der Waals surface area contributed by atoms with E-state index in [9.17, 15) is 4.79 Å². The van der Waals surface area contributed by atoms with Gasteiger partial charge in [0.15, 0.2) is 6.54 Å². The van der Waals surface area contributed by atoms with E-state index in [4.69, 9.17) is 4.74 Å². The van der Waals surface area contributed by atoms with Gasteiger partial charge in [0.2, 0.25) is 0 Å². The van der Waals surface area contributed by atoms with E-state index < -0.39 is 0 Å². The molecule has 1 amide bonds. The minimum atomic E-state index is 0.211. The molecule has 0 atom stereocenters. The molecule has 3 aromatic rings. The molecular weight excluding hydrogens is 386 g/mol. The van der Waals surface area contributed by atoms with Crippen molar-refractivity contribution in [3.05, 3.63) is 77.9 Å². The van der Waals surface area contributed by atoms with E-state index in [-0.39, 0.29) is 5.91 Å². The Kier molecular flexibility index (Phi) is 6.85. The number of piperazine rings is 1. The minimum Gasteiger partial charge on any atom is -0.497 e. The molecule has 1 heterocycles. The molecule has 0 unspecified atom stereocenters. The number of hydrogen-bond acceptors (Lipinski definition) is 2. The zero-order valence-corrected chi connectivity index (χ0v) is 18.6. The highest BCUT2D eigenvalue weighted by atomic mass is 16.5. The zero-order valence-electron chi connectivity index (χ0n) is 18.6. The van der Waals surface area contributed by atoms with Crippen LogP contribution in [0.1, 0.15) is 11.1 Å². The van der Waals surface area contributed by atoms with Crippen LogP contribution >= 0.6 is 0 Å². The molecule has 0 bridgehead atoms. The summed E-state index contributed by atoms with van der Waals surface area (Å²) in [6.07, 6.45) is 0. The number of quaternary nitrogens is 2. The Labute approximate surface area is 184 Å². The highest BCUT2D eigenvalue weighted by molar-refractivity contribution is 5.85. The van der Waals surface area contributed by atoms with Gasteiger partial charge in [0.1, 0.15) is 38.5 Å². The summed E-state index contributed by atoms with van der Waals surface area (Å²) in [7, 11) is 3.56. The van der Waals surface area contributed by atoms with Gasteiger partial charge in [0.25, 0.3) is 5.91 Å². The first-order chi connectivity index (χ1) is 15.1. The first kappa shape index (κ1) is 21.3. The molecule has 0 aliphatic carbocycles. The third kappa shape index (κ3) is 5.43. The van der Waals surface area contributed by atoms with Crippen LogP contribution in [0.2, 0.25) is 0 Å². The number of carbonyl (C=O) groups excluding carboxylic acids is 1. The zero-order chi connectivity index (χ0) is 21.6. The summed E-state index contributed by atoms with van der Waals surface area (Å²) in [6.45, 7) is 6.56. The molecule has 31 heavy (non-hydrogen) atoms. The lowest BCUT2D eigenvalue weighted by Gasteiger charge is -2.30. The van der Waals surface area contributed by atoms with Crippen molar-refractivity contribution in [3.63, 3.8) is 0 Å². The van der Waals surface area contributed by atoms with Gasteiger partial charge < -0.3 is 19.4 Å². The largest absolute Gasteiger partial charge is 0.497 e. The quantitative estimate of drug-likeness (QED) is 0.594. The monoisotopic (exact) mass is 419 g/mol. The van der Waals surface area contributed by atoms with Crippen molar-refractivity contribution < 1.29 is 19.3 Å². The third-order valence-electron chi connectivity index (χ3n) is 6.39. The standard InChI is InChI=1S/C26H31N3O2/c1-27(18-21-10-12-24(31-2)13-11-21)26(30)20-29-16-14-28(15-17-29)19-23-8-5-7-22-6-3-4-9-25(22)23/h3-13H,14-20H2,1-2H3/p+2. The van der Waals surface area contributed by atoms with Gasteiger partial charge in [0, 0.05) is 19.2 Å². The molecule has 4 rings (SSSR count). The summed E-state index contributed by atoms with van der Waals surface area (Å²) in [5, 5.41) is 2.68. The maximum Gasteiger partial charge on any atom is 0.277 e. The number of nitrogens with zero attached hydrogens (tertiary/aromatic N) is 1. The highest BCUT2D eigenvalue weighted by Crippen LogP contribution is 2.17. The van der Waals surface area contributed by atoms with E-state index in [1.807, 2.05) is 36.2 Å². The number of hydrogen-bond donors (Lipinski definition) is 2. The van der Waals surface area contributed by atoms with Gasteiger partial charge in [-0.3, -0.25) is 4.79 Å². The Morgan fingerprint density at radius 1 is 0.903 bits per heavy atom. The average Bonchev–Trinajstić information content (AvgIpc) is 2.81. The highest BCUT2D eigenvalue weighted by Gasteiger charge is 2.26. The number of likely N-dealkylation sites (N-methyl/N-ethyl adjacent to an activating group) is 1. The number of nitrogens with one attached hydrogen (secondary N) is 2. The van der Waals surface area contributed by atoms with Gasteiger partial charge >= 0.3 is 0 Å². The first-order valence-electron chi connectivity index (χ1n) is 11.1. The topological polar surface area (TPSA) is 38.4 Å². The predicted molar refractivity (Wildman–Crippen MR) is 123 cm³/mol. The van der Waals surface area contributed by atoms with Crippen molar-refractivity contribution in [2.24, 2.45) is 0 Å². The van der Waals surface area contributed by atoms with E-state index in [0.717, 1.165) is 44.0 Å². The Balaban J connectivity index is 1.26. The van der Waals surface area contributed by atoms with Crippen molar-refractivity contribution in [1.29, 1.82) is 0 Å². The van der Waals surface area contributed by atoms with Crippen LogP contribution in [-0.2, 0) is 17.9 Å². The van der Waals surface area contributed by atoms with Crippen LogP contribution in [0.3, 0.4) is 0 Å². The molecule has 162 valence electrons. The molecule has 0 spiro atoms. The Bertz CT molecular complexity index is 1010. The van der Waals surface area contributed by atoms with Gasteiger partial charge in [-0.25, -0.2) is 0 Å². The number of rotatable bonds is 7. The molecule has 0 saturated carbocycles. The Morgan fingerprint density at radius 3 is 2.32 bits per heavy atom. The average molecular weight is 420 g/mol. The molecule has 3 aromatic carbocycles. The number of benzene rings is 3. The number of ether oxygens (including phenoxy) is 1. The molecular formula is C26H33N3O2+2. The number of fused-ring (bicyclic) bond motifs is 1. The molecule has 5 heteroatoms. The fourth-order valence-corrected chi connectivity index (χ4v) is 4.47. The molecule has 1 saturated heterocycles. The Hall–Kier alpha value is -2.89. The summed E-state index contributed by atoms with van der Waals surface area (Å²) in [4.78, 5) is 17.6. The van der Waals surface area contributed by atoms with Crippen LogP contribution in [0.5, 0.6) is 5.75 Å². The molecule has 0 aromatic heterocycles. The van der Waals surface area contributed by atoms with E-state index in [1.54, 1.807) is 12.0 Å². The second kappa shape index (κ2) is 9.94. The van der Waals surface area contributed by atoms with Crippen LogP contribution in [0.25, 0.3) is 10.8 Å². The lowest BCUT2D eigenvalue weighted by Crippen LogP contribution is -3.28. The molecule has 1 fully saturated rings. The molecule has 2 N–H and O–H groups in total. The van der Waals surface area contributed by atoms with Gasteiger partial charge in [-0.05, 0) is 28.5 Å². The van der Waals surface area contributed by atoms with Gasteiger partial charge in [-0.2, -0.15) is 0 Å². The van der Waals surface area contributed by atoms with E-state index in [0.29, 0.717) is 13.1 Å². The minimum absolute atomic E-state index is 0.211. The number of methoxy groups -OCH3 is 1. The SMILES string of the molecule is COc1ccc(CN(C)C(=O)C[NH+]2CC[NH+](Cc3cccc4ccccc34)CC2)cc1. The fourth-order valence-electron chi connectivity index (χ4n) is 4.47. The van der Waals surface area contributed by atoms with Crippen LogP contribution in [0.4, 0.5) is 0 Å². The third-order valence-corrected chi connectivity index (χ3v) is 6.39. The molecule has 1 aliphatic rings. The molecule has 5 nitrogen and oxygen atoms in total. The lowest BCUT2D eigenvalue weighted by atomic mass is 10.0. The first-order valence-corrected chi connectivity index (χ1v) is 11.1. The van der Waals surface area contributed by atoms with Gasteiger partial charge in [-0.15, -0.1) is 0 Å². The molecule has 1 aliphatic heterocycles. The van der Waals surface area contributed by atoms with Crippen LogP contribution in [-0.4, -0.2) is 57.7 Å². The summed E-state index contributed by atoms with van der Waals surface area (Å²) in [5.41, 5.74) is 2.54. The van der Waals surface area contributed by atoms with Crippen LogP contribution < -0.4 is 14.5 Å². The summed E-state index contributed by atoms with van der Waals surface area (Å²) >= 11 is 0. The maximum atomic E-state index is 12.7. The van der Waals surface area contributed by atoms with E-state index in [2.05, 4.69) is 42.5 Å². The second-order valence-electron chi connectivity index (χ2n) is 8.59. The van der Waals surface area contributed by atoms with E-state index in [1.165, 1.54) is 21.2 Å². The lowest BCUT2D eigenvalue weighted by molar-refractivity contribution is -1.02. The van der Waals surface area contributed by atoms with Gasteiger partial charge in [-0.1, -0.05) is 54.6 Å². The Morgan fingerprint density at radius 2 is 1.58 bits per heavy atom. The maximum absolute atomic E-state index is 12.7. The number of carbonyl (C=O) groups is 1. The van der Waals surface area contributed by atoms with Crippen LogP contribution in [0, 0.1) is 0 Å². The smallest absolute Gasteiger partial charge is 0.277 e. The summed E-state index contributed by atoms with van der Waals surface area (Å²) in [6, 6.07) is 23.2. The normalized spacial score (nSPS) is 18.6. The van der Waals surface area contributed by atoms with Crippen molar-refractivity contribution in [1.82, 2.24) is 4.90 Å². The fraction of sp³-hybridized carbons (Fsp3) is 0.346. The van der Waals surface area contributed by atoms with Gasteiger partial charge in [0.05, 0.1) is 7.11 Å². The predicted octanol–water partition coefficient (Wildman–Crippen LogP) is 0.790.